The van der Waals surface area contributed by atoms with Crippen molar-refractivity contribution in [3.63, 3.8) is 0 Å². The van der Waals surface area contributed by atoms with Crippen molar-refractivity contribution >= 4 is 11.6 Å². The van der Waals surface area contributed by atoms with Gasteiger partial charge in [-0.1, -0.05) is 31.4 Å². The van der Waals surface area contributed by atoms with E-state index in [9.17, 15) is 0 Å². The third-order valence-electron chi connectivity index (χ3n) is 4.26. The van der Waals surface area contributed by atoms with Gasteiger partial charge in [0.25, 0.3) is 0 Å². The largest absolute Gasteiger partial charge is 0.491 e. The molecule has 1 aliphatic carbocycles. The van der Waals surface area contributed by atoms with Crippen LogP contribution in [0.3, 0.4) is 0 Å². The van der Waals surface area contributed by atoms with Crippen LogP contribution in [-0.4, -0.2) is 30.6 Å². The molecule has 3 heteroatoms. The molecule has 0 aliphatic heterocycles. The molecule has 0 bridgehead atoms. The minimum Gasteiger partial charge on any atom is -0.491 e. The first-order chi connectivity index (χ1) is 10.1. The van der Waals surface area contributed by atoms with Crippen LogP contribution in [0.5, 0.6) is 5.75 Å². The molecule has 0 spiro atoms. The molecule has 0 saturated heterocycles. The first kappa shape index (κ1) is 16.6. The topological polar surface area (TPSA) is 12.5 Å². The Morgan fingerprint density at radius 3 is 2.33 bits per heavy atom. The lowest BCUT2D eigenvalue weighted by molar-refractivity contribution is 0.192. The quantitative estimate of drug-likeness (QED) is 0.684. The average molecular weight is 310 g/mol. The maximum atomic E-state index is 6.60. The molecule has 1 saturated carbocycles. The van der Waals surface area contributed by atoms with Gasteiger partial charge in [0.15, 0.2) is 0 Å². The van der Waals surface area contributed by atoms with Gasteiger partial charge in [-0.05, 0) is 51.4 Å². The number of rotatable bonds is 6. The summed E-state index contributed by atoms with van der Waals surface area (Å²) in [6, 6.07) is 8.92. The molecule has 118 valence electrons. The second kappa shape index (κ2) is 8.05. The highest BCUT2D eigenvalue weighted by molar-refractivity contribution is 6.21. The van der Waals surface area contributed by atoms with Gasteiger partial charge in [0.05, 0.1) is 11.5 Å². The minimum atomic E-state index is 0.0463. The van der Waals surface area contributed by atoms with Crippen molar-refractivity contribution < 1.29 is 4.74 Å². The van der Waals surface area contributed by atoms with E-state index < -0.39 is 0 Å². The number of hydrogen-bond acceptors (Lipinski definition) is 2. The van der Waals surface area contributed by atoms with Crippen LogP contribution < -0.4 is 4.74 Å². The predicted molar refractivity (Wildman–Crippen MR) is 90.3 cm³/mol. The van der Waals surface area contributed by atoms with Crippen molar-refractivity contribution in [3.8, 4) is 5.75 Å². The average Bonchev–Trinajstić information content (AvgIpc) is 2.48. The molecular weight excluding hydrogens is 282 g/mol. The molecule has 1 unspecified atom stereocenters. The van der Waals surface area contributed by atoms with E-state index in [0.29, 0.717) is 6.04 Å². The van der Waals surface area contributed by atoms with Crippen LogP contribution in [-0.2, 0) is 0 Å². The molecule has 1 atom stereocenters. The number of hydrogen-bond donors (Lipinski definition) is 0. The van der Waals surface area contributed by atoms with Gasteiger partial charge in [-0.15, -0.1) is 11.6 Å². The van der Waals surface area contributed by atoms with E-state index in [4.69, 9.17) is 16.3 Å². The zero-order valence-corrected chi connectivity index (χ0v) is 14.3. The molecule has 1 aromatic rings. The molecule has 2 rings (SSSR count). The second-order valence-corrected chi connectivity index (χ2v) is 6.96. The highest BCUT2D eigenvalue weighted by Gasteiger charge is 2.20. The Hall–Kier alpha value is -0.730. The summed E-state index contributed by atoms with van der Waals surface area (Å²) < 4.78 is 5.67. The van der Waals surface area contributed by atoms with E-state index in [1.807, 2.05) is 26.0 Å². The maximum Gasteiger partial charge on any atom is 0.119 e. The minimum absolute atomic E-state index is 0.0463. The number of nitrogens with zero attached hydrogens (tertiary/aromatic N) is 1. The van der Waals surface area contributed by atoms with Crippen LogP contribution in [0, 0.1) is 0 Å². The SMILES string of the molecule is CC(C)Oc1ccc(C(Cl)CN(C)C2CCCCC2)cc1. The summed E-state index contributed by atoms with van der Waals surface area (Å²) in [5, 5.41) is 0.0463. The molecular formula is C18H28ClNO. The van der Waals surface area contributed by atoms with Crippen molar-refractivity contribution in [2.45, 2.75) is 63.5 Å². The Morgan fingerprint density at radius 1 is 1.14 bits per heavy atom. The van der Waals surface area contributed by atoms with Crippen LogP contribution in [0.15, 0.2) is 24.3 Å². The fourth-order valence-electron chi connectivity index (χ4n) is 3.06. The Bertz CT molecular complexity index is 412. The van der Waals surface area contributed by atoms with Gasteiger partial charge in [-0.2, -0.15) is 0 Å². The fourth-order valence-corrected chi connectivity index (χ4v) is 3.42. The summed E-state index contributed by atoms with van der Waals surface area (Å²) >= 11 is 6.60. The van der Waals surface area contributed by atoms with Crippen LogP contribution in [0.4, 0.5) is 0 Å². The smallest absolute Gasteiger partial charge is 0.119 e. The number of alkyl halides is 1. The van der Waals surface area contributed by atoms with E-state index >= 15 is 0 Å². The summed E-state index contributed by atoms with van der Waals surface area (Å²) in [5.41, 5.74) is 1.18. The lowest BCUT2D eigenvalue weighted by Crippen LogP contribution is -2.35. The molecule has 0 amide bonds. The van der Waals surface area contributed by atoms with Crippen molar-refractivity contribution in [1.82, 2.24) is 4.90 Å². The Kier molecular flexibility index (Phi) is 6.38. The fraction of sp³-hybridized carbons (Fsp3) is 0.667. The van der Waals surface area contributed by atoms with Crippen LogP contribution in [0.25, 0.3) is 0 Å². The number of likely N-dealkylation sites (N-methyl/N-ethyl adjacent to an activating group) is 1. The summed E-state index contributed by atoms with van der Waals surface area (Å²) in [6.07, 6.45) is 6.97. The van der Waals surface area contributed by atoms with Gasteiger partial charge in [-0.25, -0.2) is 0 Å². The normalized spacial score (nSPS) is 18.2. The van der Waals surface area contributed by atoms with E-state index in [0.717, 1.165) is 12.3 Å². The van der Waals surface area contributed by atoms with Gasteiger partial charge in [0.1, 0.15) is 5.75 Å². The van der Waals surface area contributed by atoms with Crippen LogP contribution >= 0.6 is 11.6 Å². The Morgan fingerprint density at radius 2 is 1.76 bits per heavy atom. The monoisotopic (exact) mass is 309 g/mol. The maximum absolute atomic E-state index is 6.60. The van der Waals surface area contributed by atoms with Crippen LogP contribution in [0.1, 0.15) is 56.9 Å². The van der Waals surface area contributed by atoms with Gasteiger partial charge < -0.3 is 9.64 Å². The van der Waals surface area contributed by atoms with Crippen molar-refractivity contribution in [2.75, 3.05) is 13.6 Å². The summed E-state index contributed by atoms with van der Waals surface area (Å²) in [7, 11) is 2.21. The predicted octanol–water partition coefficient (Wildman–Crippen LogP) is 5.02. The van der Waals surface area contributed by atoms with Crippen molar-refractivity contribution in [2.24, 2.45) is 0 Å². The van der Waals surface area contributed by atoms with E-state index in [2.05, 4.69) is 24.1 Å². The molecule has 0 radical (unpaired) electrons. The first-order valence-corrected chi connectivity index (χ1v) is 8.61. The summed E-state index contributed by atoms with van der Waals surface area (Å²) in [5.74, 6) is 0.915. The summed E-state index contributed by atoms with van der Waals surface area (Å²) in [6.45, 7) is 4.99. The third kappa shape index (κ3) is 5.19. The standard InChI is InChI=1S/C18H28ClNO/c1-14(2)21-17-11-9-15(10-12-17)18(19)13-20(3)16-7-5-4-6-8-16/h9-12,14,16,18H,4-8,13H2,1-3H3. The second-order valence-electron chi connectivity index (χ2n) is 6.43. The molecule has 1 aliphatic rings. The third-order valence-corrected chi connectivity index (χ3v) is 4.65. The van der Waals surface area contributed by atoms with Crippen molar-refractivity contribution in [1.29, 1.82) is 0 Å². The molecule has 1 fully saturated rings. The Labute approximate surface area is 134 Å². The van der Waals surface area contributed by atoms with Crippen LogP contribution in [0.2, 0.25) is 0 Å². The van der Waals surface area contributed by atoms with Gasteiger partial charge >= 0.3 is 0 Å². The zero-order chi connectivity index (χ0) is 15.2. The first-order valence-electron chi connectivity index (χ1n) is 8.17. The van der Waals surface area contributed by atoms with Gasteiger partial charge in [0, 0.05) is 12.6 Å². The zero-order valence-electron chi connectivity index (χ0n) is 13.5. The Balaban J connectivity index is 1.88. The molecule has 21 heavy (non-hydrogen) atoms. The highest BCUT2D eigenvalue weighted by Crippen LogP contribution is 2.27. The van der Waals surface area contributed by atoms with E-state index in [-0.39, 0.29) is 11.5 Å². The van der Waals surface area contributed by atoms with Crippen molar-refractivity contribution in [3.05, 3.63) is 29.8 Å². The van der Waals surface area contributed by atoms with E-state index in [1.54, 1.807) is 0 Å². The molecule has 2 nitrogen and oxygen atoms in total. The van der Waals surface area contributed by atoms with Gasteiger partial charge in [0.2, 0.25) is 0 Å². The lowest BCUT2D eigenvalue weighted by atomic mass is 9.94. The van der Waals surface area contributed by atoms with Gasteiger partial charge in [-0.3, -0.25) is 0 Å². The van der Waals surface area contributed by atoms with E-state index in [1.165, 1.54) is 37.7 Å². The molecule has 0 aromatic heterocycles. The highest BCUT2D eigenvalue weighted by atomic mass is 35.5. The molecule has 0 N–H and O–H groups in total. The summed E-state index contributed by atoms with van der Waals surface area (Å²) in [4.78, 5) is 2.44. The molecule has 1 aromatic carbocycles. The molecule has 0 heterocycles. The number of halogens is 1. The number of ether oxygens (including phenoxy) is 1. The lowest BCUT2D eigenvalue weighted by Gasteiger charge is -2.32. The number of benzene rings is 1.